The van der Waals surface area contributed by atoms with Gasteiger partial charge >= 0.3 is 0 Å². The lowest BCUT2D eigenvalue weighted by atomic mass is 10.0. The Morgan fingerprint density at radius 1 is 1.17 bits per heavy atom. The van der Waals surface area contributed by atoms with Crippen LogP contribution in [0.1, 0.15) is 22.0 Å². The van der Waals surface area contributed by atoms with Crippen LogP contribution in [0.3, 0.4) is 0 Å². The van der Waals surface area contributed by atoms with E-state index in [9.17, 15) is 14.3 Å². The smallest absolute Gasteiger partial charge is 0.195 e. The molecule has 92 valence electrons. The summed E-state index contributed by atoms with van der Waals surface area (Å²) in [6.45, 7) is 0. The first-order valence-corrected chi connectivity index (χ1v) is 6.10. The second-order valence-electron chi connectivity index (χ2n) is 3.83. The number of hydrogen-bond donors (Lipinski definition) is 1. The Balaban J connectivity index is 2.26. The summed E-state index contributed by atoms with van der Waals surface area (Å²) in [5, 5.41) is 9.97. The van der Waals surface area contributed by atoms with Gasteiger partial charge in [-0.1, -0.05) is 28.1 Å². The second-order valence-corrected chi connectivity index (χ2v) is 4.74. The molecule has 0 amide bonds. The highest BCUT2D eigenvalue weighted by Crippen LogP contribution is 2.21. The van der Waals surface area contributed by atoms with Crippen molar-refractivity contribution >= 4 is 21.7 Å². The quantitative estimate of drug-likeness (QED) is 0.881. The molecule has 0 saturated carbocycles. The predicted octanol–water partition coefficient (Wildman–Crippen LogP) is 3.50. The maximum Gasteiger partial charge on any atom is 0.195 e. The van der Waals surface area contributed by atoms with Crippen LogP contribution in [-0.2, 0) is 0 Å². The average molecular weight is 309 g/mol. The van der Waals surface area contributed by atoms with E-state index in [1.54, 1.807) is 24.3 Å². The molecule has 0 unspecified atom stereocenters. The molecule has 0 fully saturated rings. The van der Waals surface area contributed by atoms with Crippen molar-refractivity contribution in [3.63, 3.8) is 0 Å². The fourth-order valence-electron chi connectivity index (χ4n) is 1.60. The number of ketones is 1. The Labute approximate surface area is 112 Å². The maximum absolute atomic E-state index is 12.7. The summed E-state index contributed by atoms with van der Waals surface area (Å²) in [6, 6.07) is 12.0. The van der Waals surface area contributed by atoms with E-state index in [0.29, 0.717) is 5.56 Å². The van der Waals surface area contributed by atoms with Gasteiger partial charge in [-0.3, -0.25) is 4.79 Å². The molecule has 2 rings (SSSR count). The molecule has 1 N–H and O–H groups in total. The summed E-state index contributed by atoms with van der Waals surface area (Å²) in [5.41, 5.74) is 0.780. The van der Waals surface area contributed by atoms with Crippen molar-refractivity contribution in [1.29, 1.82) is 0 Å². The third-order valence-corrected chi connectivity index (χ3v) is 3.03. The van der Waals surface area contributed by atoms with Gasteiger partial charge in [0.15, 0.2) is 5.78 Å². The number of carbonyl (C=O) groups is 1. The van der Waals surface area contributed by atoms with Gasteiger partial charge in [-0.05, 0) is 42.0 Å². The number of hydrogen-bond acceptors (Lipinski definition) is 2. The minimum absolute atomic E-state index is 0.281. The van der Waals surface area contributed by atoms with Crippen molar-refractivity contribution in [2.45, 2.75) is 6.10 Å². The topological polar surface area (TPSA) is 37.3 Å². The summed E-state index contributed by atoms with van der Waals surface area (Å²) in [4.78, 5) is 12.0. The lowest BCUT2D eigenvalue weighted by molar-refractivity contribution is 0.0747. The first-order chi connectivity index (χ1) is 8.58. The number of Topliss-reactive ketones (excluding diaryl/α,β-unsaturated/α-hetero) is 1. The van der Waals surface area contributed by atoms with E-state index in [1.807, 2.05) is 0 Å². The van der Waals surface area contributed by atoms with Gasteiger partial charge in [0.25, 0.3) is 0 Å². The fraction of sp³-hybridized carbons (Fsp3) is 0.0714. The lowest BCUT2D eigenvalue weighted by Gasteiger charge is -2.10. The van der Waals surface area contributed by atoms with Gasteiger partial charge in [-0.2, -0.15) is 0 Å². The number of halogens is 2. The van der Waals surface area contributed by atoms with Crippen LogP contribution in [0.2, 0.25) is 0 Å². The van der Waals surface area contributed by atoms with E-state index in [2.05, 4.69) is 15.9 Å². The number of aliphatic hydroxyl groups excluding tert-OH is 1. The molecule has 2 aromatic rings. The molecule has 0 bridgehead atoms. The highest BCUT2D eigenvalue weighted by Gasteiger charge is 2.19. The number of rotatable bonds is 3. The van der Waals surface area contributed by atoms with Gasteiger partial charge in [-0.15, -0.1) is 0 Å². The van der Waals surface area contributed by atoms with Crippen LogP contribution in [0.4, 0.5) is 4.39 Å². The molecule has 0 aliphatic heterocycles. The highest BCUT2D eigenvalue weighted by atomic mass is 79.9. The standard InChI is InChI=1S/C14H10BrFO2/c15-11-3-1-2-10(8-11)14(18)13(17)9-4-6-12(16)7-5-9/h1-8,14,18H/t14-/m1/s1. The van der Waals surface area contributed by atoms with Gasteiger partial charge < -0.3 is 5.11 Å². The molecule has 0 heterocycles. The molecule has 1 atom stereocenters. The molecular weight excluding hydrogens is 299 g/mol. The zero-order chi connectivity index (χ0) is 13.1. The minimum atomic E-state index is -1.24. The van der Waals surface area contributed by atoms with Crippen LogP contribution in [0, 0.1) is 5.82 Å². The van der Waals surface area contributed by atoms with E-state index in [1.165, 1.54) is 24.3 Å². The van der Waals surface area contributed by atoms with Crippen molar-refractivity contribution in [3.8, 4) is 0 Å². The summed E-state index contributed by atoms with van der Waals surface area (Å²) in [7, 11) is 0. The van der Waals surface area contributed by atoms with E-state index in [4.69, 9.17) is 0 Å². The summed E-state index contributed by atoms with van der Waals surface area (Å²) in [6.07, 6.45) is -1.24. The molecule has 18 heavy (non-hydrogen) atoms. The zero-order valence-electron chi connectivity index (χ0n) is 9.31. The van der Waals surface area contributed by atoms with E-state index in [-0.39, 0.29) is 5.56 Å². The van der Waals surface area contributed by atoms with Gasteiger partial charge in [-0.25, -0.2) is 4.39 Å². The Morgan fingerprint density at radius 2 is 1.83 bits per heavy atom. The average Bonchev–Trinajstić information content (AvgIpc) is 2.38. The SMILES string of the molecule is O=C(c1ccc(F)cc1)[C@H](O)c1cccc(Br)c1. The Hall–Kier alpha value is -1.52. The fourth-order valence-corrected chi connectivity index (χ4v) is 2.02. The molecule has 2 aromatic carbocycles. The maximum atomic E-state index is 12.7. The lowest BCUT2D eigenvalue weighted by Crippen LogP contribution is -2.12. The van der Waals surface area contributed by atoms with Crippen LogP contribution in [0.15, 0.2) is 53.0 Å². The Bertz CT molecular complexity index is 566. The number of aliphatic hydroxyl groups is 1. The first-order valence-electron chi connectivity index (χ1n) is 5.31. The van der Waals surface area contributed by atoms with Crippen LogP contribution in [-0.4, -0.2) is 10.9 Å². The second kappa shape index (κ2) is 5.42. The molecule has 0 saturated heterocycles. The Kier molecular flexibility index (Phi) is 3.89. The molecule has 0 radical (unpaired) electrons. The van der Waals surface area contributed by atoms with E-state index in [0.717, 1.165) is 4.47 Å². The van der Waals surface area contributed by atoms with Gasteiger partial charge in [0, 0.05) is 10.0 Å². The molecule has 0 spiro atoms. The predicted molar refractivity (Wildman–Crippen MR) is 69.8 cm³/mol. The van der Waals surface area contributed by atoms with Crippen LogP contribution >= 0.6 is 15.9 Å². The van der Waals surface area contributed by atoms with Crippen molar-refractivity contribution in [3.05, 3.63) is 69.9 Å². The minimum Gasteiger partial charge on any atom is -0.380 e. The molecule has 2 nitrogen and oxygen atoms in total. The molecule has 0 aliphatic carbocycles. The van der Waals surface area contributed by atoms with Crippen molar-refractivity contribution in [1.82, 2.24) is 0 Å². The van der Waals surface area contributed by atoms with Crippen molar-refractivity contribution in [2.24, 2.45) is 0 Å². The van der Waals surface area contributed by atoms with Crippen LogP contribution < -0.4 is 0 Å². The summed E-state index contributed by atoms with van der Waals surface area (Å²) >= 11 is 3.27. The summed E-state index contributed by atoms with van der Waals surface area (Å²) < 4.78 is 13.5. The summed E-state index contributed by atoms with van der Waals surface area (Å²) in [5.74, 6) is -0.864. The zero-order valence-corrected chi connectivity index (χ0v) is 10.9. The van der Waals surface area contributed by atoms with Crippen LogP contribution in [0.25, 0.3) is 0 Å². The first kappa shape index (κ1) is 12.9. The largest absolute Gasteiger partial charge is 0.380 e. The normalized spacial score (nSPS) is 12.2. The molecular formula is C14H10BrFO2. The van der Waals surface area contributed by atoms with E-state index >= 15 is 0 Å². The Morgan fingerprint density at radius 3 is 2.44 bits per heavy atom. The van der Waals surface area contributed by atoms with Gasteiger partial charge in [0.2, 0.25) is 0 Å². The van der Waals surface area contributed by atoms with Gasteiger partial charge in [0.05, 0.1) is 0 Å². The van der Waals surface area contributed by atoms with Crippen molar-refractivity contribution < 1.29 is 14.3 Å². The van der Waals surface area contributed by atoms with E-state index < -0.39 is 17.7 Å². The number of benzene rings is 2. The van der Waals surface area contributed by atoms with Crippen LogP contribution in [0.5, 0.6) is 0 Å². The monoisotopic (exact) mass is 308 g/mol. The van der Waals surface area contributed by atoms with Crippen molar-refractivity contribution in [2.75, 3.05) is 0 Å². The number of carbonyl (C=O) groups excluding carboxylic acids is 1. The van der Waals surface area contributed by atoms with Gasteiger partial charge in [0.1, 0.15) is 11.9 Å². The molecule has 4 heteroatoms. The highest BCUT2D eigenvalue weighted by molar-refractivity contribution is 9.10. The third-order valence-electron chi connectivity index (χ3n) is 2.54. The third kappa shape index (κ3) is 2.83. The molecule has 0 aromatic heterocycles. The molecule has 0 aliphatic rings.